The zero-order chi connectivity index (χ0) is 20.9. The summed E-state index contributed by atoms with van der Waals surface area (Å²) in [4.78, 5) is 45.5. The van der Waals surface area contributed by atoms with E-state index in [2.05, 4.69) is 10.3 Å². The summed E-state index contributed by atoms with van der Waals surface area (Å²) in [5.74, 6) is 0.152. The van der Waals surface area contributed by atoms with Gasteiger partial charge in [0.1, 0.15) is 0 Å². The summed E-state index contributed by atoms with van der Waals surface area (Å²) in [6, 6.07) is 3.22. The molecule has 2 saturated heterocycles. The zero-order valence-electron chi connectivity index (χ0n) is 16.8. The molecule has 8 nitrogen and oxygen atoms in total. The molecule has 0 aromatic carbocycles. The van der Waals surface area contributed by atoms with Gasteiger partial charge in [-0.2, -0.15) is 0 Å². The third-order valence-corrected chi connectivity index (χ3v) is 6.52. The minimum atomic E-state index is -0.368. The quantitative estimate of drug-likeness (QED) is 0.787. The van der Waals surface area contributed by atoms with E-state index in [-0.39, 0.29) is 35.8 Å². The average Bonchev–Trinajstić information content (AvgIpc) is 3.46. The third-order valence-electron chi connectivity index (χ3n) is 5.71. The van der Waals surface area contributed by atoms with Gasteiger partial charge in [0.05, 0.1) is 18.4 Å². The zero-order valence-corrected chi connectivity index (χ0v) is 17.7. The molecule has 0 atom stereocenters. The van der Waals surface area contributed by atoms with Gasteiger partial charge in [-0.05, 0) is 44.2 Å². The van der Waals surface area contributed by atoms with E-state index in [1.165, 1.54) is 24.0 Å². The molecule has 2 aromatic heterocycles. The third kappa shape index (κ3) is 4.89. The molecule has 0 unspecified atom stereocenters. The molecular formula is C21H26N4O4S. The van der Waals surface area contributed by atoms with E-state index in [0.717, 1.165) is 38.8 Å². The maximum atomic E-state index is 12.7. The molecule has 3 amide bonds. The minimum Gasteiger partial charge on any atom is -0.459 e. The maximum absolute atomic E-state index is 12.7. The smallest absolute Gasteiger partial charge is 0.293 e. The highest BCUT2D eigenvalue weighted by Gasteiger charge is 2.30. The molecule has 9 heteroatoms. The van der Waals surface area contributed by atoms with Crippen LogP contribution in [-0.4, -0.2) is 58.7 Å². The van der Waals surface area contributed by atoms with Crippen LogP contribution in [0.15, 0.2) is 28.2 Å². The molecule has 2 aromatic rings. The van der Waals surface area contributed by atoms with Crippen molar-refractivity contribution in [3.63, 3.8) is 0 Å². The Morgan fingerprint density at radius 2 is 1.87 bits per heavy atom. The van der Waals surface area contributed by atoms with Crippen LogP contribution in [0.2, 0.25) is 0 Å². The van der Waals surface area contributed by atoms with Crippen molar-refractivity contribution in [2.45, 2.75) is 38.5 Å². The van der Waals surface area contributed by atoms with Gasteiger partial charge in [0.25, 0.3) is 5.91 Å². The number of hydrogen-bond donors (Lipinski definition) is 1. The molecule has 4 rings (SSSR count). The van der Waals surface area contributed by atoms with Crippen LogP contribution in [0, 0.1) is 5.92 Å². The minimum absolute atomic E-state index is 0.00748. The van der Waals surface area contributed by atoms with Crippen molar-refractivity contribution in [2.24, 2.45) is 5.92 Å². The average molecular weight is 431 g/mol. The molecule has 2 aliphatic heterocycles. The Kier molecular flexibility index (Phi) is 6.47. The number of piperidine rings is 2. The lowest BCUT2D eigenvalue weighted by molar-refractivity contribution is -0.141. The summed E-state index contributed by atoms with van der Waals surface area (Å²) >= 11 is 1.28. The lowest BCUT2D eigenvalue weighted by Gasteiger charge is -2.35. The molecule has 4 heterocycles. The van der Waals surface area contributed by atoms with Crippen LogP contribution in [0.4, 0.5) is 5.13 Å². The van der Waals surface area contributed by atoms with Crippen molar-refractivity contribution in [1.29, 1.82) is 0 Å². The van der Waals surface area contributed by atoms with Gasteiger partial charge in [0.2, 0.25) is 11.8 Å². The molecule has 0 bridgehead atoms. The van der Waals surface area contributed by atoms with Gasteiger partial charge in [-0.15, -0.1) is 11.3 Å². The highest BCUT2D eigenvalue weighted by atomic mass is 32.1. The topological polar surface area (TPSA) is 95.8 Å². The number of carbonyl (C=O) groups is 3. The fourth-order valence-corrected chi connectivity index (χ4v) is 4.73. The van der Waals surface area contributed by atoms with Crippen molar-refractivity contribution >= 4 is 34.2 Å². The number of likely N-dealkylation sites (tertiary alicyclic amines) is 2. The molecule has 30 heavy (non-hydrogen) atoms. The Balaban J connectivity index is 1.24. The molecule has 160 valence electrons. The summed E-state index contributed by atoms with van der Waals surface area (Å²) < 4.78 is 5.06. The molecule has 0 saturated carbocycles. The molecule has 0 spiro atoms. The largest absolute Gasteiger partial charge is 0.459 e. The normalized spacial score (nSPS) is 17.7. The first-order valence-electron chi connectivity index (χ1n) is 10.5. The molecule has 0 radical (unpaired) electrons. The Morgan fingerprint density at radius 1 is 1.10 bits per heavy atom. The first-order chi connectivity index (χ1) is 14.6. The van der Waals surface area contributed by atoms with Gasteiger partial charge in [-0.25, -0.2) is 4.98 Å². The molecule has 0 aliphatic carbocycles. The van der Waals surface area contributed by atoms with Gasteiger partial charge in [0.15, 0.2) is 10.9 Å². The van der Waals surface area contributed by atoms with Crippen LogP contribution in [0.25, 0.3) is 0 Å². The predicted molar refractivity (Wildman–Crippen MR) is 112 cm³/mol. The van der Waals surface area contributed by atoms with Crippen molar-refractivity contribution in [2.75, 3.05) is 31.5 Å². The summed E-state index contributed by atoms with van der Waals surface area (Å²) in [7, 11) is 0. The lowest BCUT2D eigenvalue weighted by Crippen LogP contribution is -2.46. The number of nitrogens with one attached hydrogen (secondary N) is 1. The Hall–Kier alpha value is -2.68. The number of thiazole rings is 1. The van der Waals surface area contributed by atoms with Crippen LogP contribution in [0.3, 0.4) is 0 Å². The van der Waals surface area contributed by atoms with Crippen LogP contribution >= 0.6 is 11.3 Å². The van der Waals surface area contributed by atoms with Crippen molar-refractivity contribution in [3.05, 3.63) is 35.2 Å². The Labute approximate surface area is 179 Å². The standard InChI is InChI=1S/C21H26N4O4S/c26-18(13-16-14-30-21(22-16)23-19(27)17-5-4-12-29-17)24-10-6-15(7-11-24)20(28)25-8-2-1-3-9-25/h4-5,12,14-15H,1-3,6-11,13H2,(H,22,23,27). The Bertz CT molecular complexity index is 881. The van der Waals surface area contributed by atoms with Crippen LogP contribution in [0.5, 0.6) is 0 Å². The number of aromatic nitrogens is 1. The molecular weight excluding hydrogens is 404 g/mol. The number of nitrogens with zero attached hydrogens (tertiary/aromatic N) is 3. The predicted octanol–water partition coefficient (Wildman–Crippen LogP) is 2.78. The van der Waals surface area contributed by atoms with Gasteiger partial charge < -0.3 is 14.2 Å². The number of furan rings is 1. The monoisotopic (exact) mass is 430 g/mol. The number of hydrogen-bond acceptors (Lipinski definition) is 6. The SMILES string of the molecule is O=C(Nc1nc(CC(=O)N2CCC(C(=O)N3CCCCC3)CC2)cs1)c1ccco1. The van der Waals surface area contributed by atoms with Crippen molar-refractivity contribution in [1.82, 2.24) is 14.8 Å². The highest BCUT2D eigenvalue weighted by Crippen LogP contribution is 2.23. The number of carbonyl (C=O) groups excluding carboxylic acids is 3. The summed E-state index contributed by atoms with van der Waals surface area (Å²) in [5.41, 5.74) is 0.631. The lowest BCUT2D eigenvalue weighted by atomic mass is 9.94. The second kappa shape index (κ2) is 9.42. The van der Waals surface area contributed by atoms with E-state index < -0.39 is 0 Å². The van der Waals surface area contributed by atoms with E-state index >= 15 is 0 Å². The van der Waals surface area contributed by atoms with Gasteiger partial charge >= 0.3 is 0 Å². The number of amides is 3. The van der Waals surface area contributed by atoms with E-state index in [0.29, 0.717) is 23.9 Å². The maximum Gasteiger partial charge on any atom is 0.293 e. The molecule has 2 aliphatic rings. The summed E-state index contributed by atoms with van der Waals surface area (Å²) in [6.45, 7) is 2.96. The van der Waals surface area contributed by atoms with Crippen molar-refractivity contribution < 1.29 is 18.8 Å². The second-order valence-electron chi connectivity index (χ2n) is 7.79. The van der Waals surface area contributed by atoms with Gasteiger partial charge in [0, 0.05) is 37.5 Å². The van der Waals surface area contributed by atoms with Crippen LogP contribution < -0.4 is 5.32 Å². The fourth-order valence-electron chi connectivity index (χ4n) is 4.03. The van der Waals surface area contributed by atoms with E-state index in [4.69, 9.17) is 4.42 Å². The highest BCUT2D eigenvalue weighted by molar-refractivity contribution is 7.14. The van der Waals surface area contributed by atoms with E-state index in [9.17, 15) is 14.4 Å². The first kappa shape index (κ1) is 20.6. The molecule has 1 N–H and O–H groups in total. The summed E-state index contributed by atoms with van der Waals surface area (Å²) in [6.07, 6.45) is 6.48. The first-order valence-corrected chi connectivity index (χ1v) is 11.3. The fraction of sp³-hybridized carbons (Fsp3) is 0.524. The van der Waals surface area contributed by atoms with Crippen molar-refractivity contribution in [3.8, 4) is 0 Å². The molecule has 2 fully saturated rings. The number of anilines is 1. The van der Waals surface area contributed by atoms with Gasteiger partial charge in [-0.1, -0.05) is 0 Å². The number of rotatable bonds is 5. The Morgan fingerprint density at radius 3 is 2.57 bits per heavy atom. The second-order valence-corrected chi connectivity index (χ2v) is 8.65. The van der Waals surface area contributed by atoms with E-state index in [1.54, 1.807) is 17.5 Å². The van der Waals surface area contributed by atoms with Crippen LogP contribution in [0.1, 0.15) is 48.4 Å². The van der Waals surface area contributed by atoms with E-state index in [1.807, 2.05) is 9.80 Å². The summed E-state index contributed by atoms with van der Waals surface area (Å²) in [5, 5.41) is 4.89. The van der Waals surface area contributed by atoms with Crippen LogP contribution in [-0.2, 0) is 16.0 Å². The van der Waals surface area contributed by atoms with Gasteiger partial charge in [-0.3, -0.25) is 19.7 Å².